The predicted octanol–water partition coefficient (Wildman–Crippen LogP) is 1.37. The van der Waals surface area contributed by atoms with Crippen LogP contribution < -0.4 is 9.62 Å². The van der Waals surface area contributed by atoms with Crippen LogP contribution in [0.15, 0.2) is 24.3 Å². The van der Waals surface area contributed by atoms with E-state index in [0.29, 0.717) is 12.2 Å². The van der Waals surface area contributed by atoms with Crippen LogP contribution >= 0.6 is 0 Å². The van der Waals surface area contributed by atoms with Crippen LogP contribution in [-0.4, -0.2) is 34.3 Å². The normalized spacial score (nSPS) is 13.4. The molecule has 1 atom stereocenters. The third-order valence-electron chi connectivity index (χ3n) is 2.75. The van der Waals surface area contributed by atoms with Crippen LogP contribution in [-0.2, 0) is 10.0 Å². The molecule has 0 amide bonds. The Hall–Kier alpha value is -1.07. The van der Waals surface area contributed by atoms with Gasteiger partial charge in [-0.15, -0.1) is 0 Å². The highest BCUT2D eigenvalue weighted by atomic mass is 32.2. The molecule has 17 heavy (non-hydrogen) atoms. The molecule has 0 heterocycles. The number of anilines is 1. The minimum atomic E-state index is -3.30. The van der Waals surface area contributed by atoms with Crippen LogP contribution in [0.4, 0.5) is 5.69 Å². The van der Waals surface area contributed by atoms with E-state index in [-0.39, 0.29) is 0 Å². The van der Waals surface area contributed by atoms with Gasteiger partial charge in [-0.1, -0.05) is 12.1 Å². The highest BCUT2D eigenvalue weighted by Crippen LogP contribution is 2.19. The van der Waals surface area contributed by atoms with Gasteiger partial charge in [0.25, 0.3) is 0 Å². The van der Waals surface area contributed by atoms with E-state index in [2.05, 4.69) is 5.32 Å². The lowest BCUT2D eigenvalue weighted by atomic mass is 10.2. The van der Waals surface area contributed by atoms with E-state index in [9.17, 15) is 8.42 Å². The maximum atomic E-state index is 12.2. The van der Waals surface area contributed by atoms with Gasteiger partial charge in [0.1, 0.15) is 0 Å². The summed E-state index contributed by atoms with van der Waals surface area (Å²) in [5.41, 5.74) is 1.75. The second-order valence-corrected chi connectivity index (χ2v) is 6.60. The Kier molecular flexibility index (Phi) is 4.54. The summed E-state index contributed by atoms with van der Waals surface area (Å²) >= 11 is 0. The standard InChI is InChI=1S/C12H20N2O2S/c1-10-6-5-7-12(8-10)14(4)17(15,16)11(2)9-13-3/h5-8,11,13H,9H2,1-4H3. The number of sulfonamides is 1. The SMILES string of the molecule is CNCC(C)S(=O)(=O)N(C)c1cccc(C)c1. The summed E-state index contributed by atoms with van der Waals surface area (Å²) in [4.78, 5) is 0. The van der Waals surface area contributed by atoms with Crippen LogP contribution in [0.25, 0.3) is 0 Å². The van der Waals surface area contributed by atoms with E-state index in [1.807, 2.05) is 25.1 Å². The minimum Gasteiger partial charge on any atom is -0.318 e. The molecule has 96 valence electrons. The minimum absolute atomic E-state index is 0.443. The molecule has 1 N–H and O–H groups in total. The molecule has 0 aliphatic carbocycles. The Morgan fingerprint density at radius 3 is 2.59 bits per heavy atom. The fourth-order valence-electron chi connectivity index (χ4n) is 1.63. The van der Waals surface area contributed by atoms with Crippen molar-refractivity contribution >= 4 is 15.7 Å². The molecular weight excluding hydrogens is 236 g/mol. The van der Waals surface area contributed by atoms with Crippen molar-refractivity contribution in [3.63, 3.8) is 0 Å². The Labute approximate surface area is 104 Å². The lowest BCUT2D eigenvalue weighted by Crippen LogP contribution is -2.39. The first-order chi connectivity index (χ1) is 7.89. The number of nitrogens with one attached hydrogen (secondary N) is 1. The summed E-state index contributed by atoms with van der Waals surface area (Å²) in [7, 11) is 0.0421. The first-order valence-corrected chi connectivity index (χ1v) is 7.09. The monoisotopic (exact) mass is 256 g/mol. The molecule has 0 radical (unpaired) electrons. The molecule has 1 aromatic rings. The van der Waals surface area contributed by atoms with E-state index in [1.54, 1.807) is 27.1 Å². The summed E-state index contributed by atoms with van der Waals surface area (Å²) < 4.78 is 25.8. The fraction of sp³-hybridized carbons (Fsp3) is 0.500. The maximum absolute atomic E-state index is 12.2. The van der Waals surface area contributed by atoms with E-state index < -0.39 is 15.3 Å². The van der Waals surface area contributed by atoms with Crippen molar-refractivity contribution < 1.29 is 8.42 Å². The average Bonchev–Trinajstić information content (AvgIpc) is 2.28. The highest BCUT2D eigenvalue weighted by molar-refractivity contribution is 7.93. The number of hydrogen-bond donors (Lipinski definition) is 1. The average molecular weight is 256 g/mol. The van der Waals surface area contributed by atoms with Crippen LogP contribution in [0.1, 0.15) is 12.5 Å². The lowest BCUT2D eigenvalue weighted by molar-refractivity contribution is 0.576. The molecule has 0 aliphatic rings. The molecule has 0 bridgehead atoms. The topological polar surface area (TPSA) is 49.4 Å². The molecule has 0 aromatic heterocycles. The van der Waals surface area contributed by atoms with Crippen molar-refractivity contribution in [2.75, 3.05) is 24.9 Å². The fourth-order valence-corrected chi connectivity index (χ4v) is 2.96. The van der Waals surface area contributed by atoms with Crippen molar-refractivity contribution in [1.29, 1.82) is 0 Å². The maximum Gasteiger partial charge on any atom is 0.238 e. The Balaban J connectivity index is 3.00. The zero-order chi connectivity index (χ0) is 13.1. The van der Waals surface area contributed by atoms with Crippen LogP contribution in [0.5, 0.6) is 0 Å². The first-order valence-electron chi connectivity index (χ1n) is 5.58. The quantitative estimate of drug-likeness (QED) is 0.865. The molecule has 4 nitrogen and oxygen atoms in total. The molecule has 0 spiro atoms. The lowest BCUT2D eigenvalue weighted by Gasteiger charge is -2.24. The predicted molar refractivity (Wildman–Crippen MR) is 71.9 cm³/mol. The summed E-state index contributed by atoms with van der Waals surface area (Å²) in [6.07, 6.45) is 0. The van der Waals surface area contributed by atoms with Crippen molar-refractivity contribution in [3.05, 3.63) is 29.8 Å². The molecule has 0 saturated heterocycles. The largest absolute Gasteiger partial charge is 0.318 e. The van der Waals surface area contributed by atoms with Gasteiger partial charge in [0, 0.05) is 13.6 Å². The number of hydrogen-bond acceptors (Lipinski definition) is 3. The third-order valence-corrected chi connectivity index (χ3v) is 4.90. The van der Waals surface area contributed by atoms with Gasteiger partial charge in [0.05, 0.1) is 10.9 Å². The van der Waals surface area contributed by atoms with E-state index in [1.165, 1.54) is 4.31 Å². The van der Waals surface area contributed by atoms with Crippen LogP contribution in [0.3, 0.4) is 0 Å². The zero-order valence-electron chi connectivity index (χ0n) is 10.8. The van der Waals surface area contributed by atoms with Gasteiger partial charge >= 0.3 is 0 Å². The molecule has 0 aliphatic heterocycles. The number of benzene rings is 1. The van der Waals surface area contributed by atoms with Gasteiger partial charge in [-0.25, -0.2) is 8.42 Å². The van der Waals surface area contributed by atoms with Gasteiger partial charge < -0.3 is 5.32 Å². The van der Waals surface area contributed by atoms with Crippen LogP contribution in [0.2, 0.25) is 0 Å². The summed E-state index contributed by atoms with van der Waals surface area (Å²) in [5, 5.41) is 2.44. The molecule has 1 rings (SSSR count). The highest BCUT2D eigenvalue weighted by Gasteiger charge is 2.25. The smallest absolute Gasteiger partial charge is 0.238 e. The summed E-state index contributed by atoms with van der Waals surface area (Å²) in [6, 6.07) is 7.47. The third kappa shape index (κ3) is 3.20. The number of aryl methyl sites for hydroxylation is 1. The Bertz CT molecular complexity index is 471. The summed E-state index contributed by atoms with van der Waals surface area (Å²) in [6.45, 7) is 4.09. The molecule has 0 saturated carbocycles. The van der Waals surface area contributed by atoms with Crippen LogP contribution in [0, 0.1) is 6.92 Å². The van der Waals surface area contributed by atoms with Crippen molar-refractivity contribution in [2.45, 2.75) is 19.1 Å². The summed E-state index contributed by atoms with van der Waals surface area (Å²) in [5.74, 6) is 0. The van der Waals surface area contributed by atoms with Crippen molar-refractivity contribution in [2.24, 2.45) is 0 Å². The molecule has 1 aromatic carbocycles. The Morgan fingerprint density at radius 2 is 2.06 bits per heavy atom. The first kappa shape index (κ1) is 14.0. The van der Waals surface area contributed by atoms with Gasteiger partial charge in [0.2, 0.25) is 10.0 Å². The number of rotatable bonds is 5. The molecule has 1 unspecified atom stereocenters. The van der Waals surface area contributed by atoms with Gasteiger partial charge in [0.15, 0.2) is 0 Å². The molecule has 5 heteroatoms. The van der Waals surface area contributed by atoms with E-state index >= 15 is 0 Å². The van der Waals surface area contributed by atoms with Crippen molar-refractivity contribution in [1.82, 2.24) is 5.32 Å². The molecular formula is C12H20N2O2S. The number of nitrogens with zero attached hydrogens (tertiary/aromatic N) is 1. The molecule has 0 fully saturated rings. The van der Waals surface area contributed by atoms with E-state index in [4.69, 9.17) is 0 Å². The van der Waals surface area contributed by atoms with Crippen molar-refractivity contribution in [3.8, 4) is 0 Å². The van der Waals surface area contributed by atoms with Gasteiger partial charge in [-0.2, -0.15) is 0 Å². The Morgan fingerprint density at radius 1 is 1.41 bits per heavy atom. The second-order valence-electron chi connectivity index (χ2n) is 4.22. The van der Waals surface area contributed by atoms with Gasteiger partial charge in [-0.3, -0.25) is 4.31 Å². The zero-order valence-corrected chi connectivity index (χ0v) is 11.6. The van der Waals surface area contributed by atoms with Gasteiger partial charge in [-0.05, 0) is 38.6 Å². The second kappa shape index (κ2) is 5.51. The van der Waals surface area contributed by atoms with E-state index in [0.717, 1.165) is 5.56 Å².